The Bertz CT molecular complexity index is 808. The number of nitrogens with zero attached hydrogens (tertiary/aromatic N) is 2. The first-order chi connectivity index (χ1) is 11.2. The van der Waals surface area contributed by atoms with Crippen LogP contribution in [0.25, 0.3) is 10.6 Å². The lowest BCUT2D eigenvalue weighted by Crippen LogP contribution is -2.20. The van der Waals surface area contributed by atoms with Gasteiger partial charge in [0.1, 0.15) is 10.8 Å². The maximum atomic E-state index is 11.9. The third-order valence-electron chi connectivity index (χ3n) is 2.89. The minimum absolute atomic E-state index is 0.149. The summed E-state index contributed by atoms with van der Waals surface area (Å²) in [7, 11) is 0. The number of rotatable bonds is 5. The van der Waals surface area contributed by atoms with Crippen molar-refractivity contribution in [2.24, 2.45) is 0 Å². The van der Waals surface area contributed by atoms with E-state index in [0.717, 1.165) is 10.6 Å². The summed E-state index contributed by atoms with van der Waals surface area (Å²) in [6.45, 7) is -0.149. The zero-order valence-corrected chi connectivity index (χ0v) is 13.5. The van der Waals surface area contributed by atoms with Crippen molar-refractivity contribution in [3.63, 3.8) is 0 Å². The highest BCUT2D eigenvalue weighted by molar-refractivity contribution is 7.18. The van der Waals surface area contributed by atoms with Crippen LogP contribution in [-0.4, -0.2) is 22.7 Å². The van der Waals surface area contributed by atoms with Crippen LogP contribution >= 0.6 is 22.9 Å². The smallest absolute Gasteiger partial charge is 0.264 e. The molecule has 3 rings (SSSR count). The number of hydrogen-bond acceptors (Lipinski definition) is 5. The summed E-state index contributed by atoms with van der Waals surface area (Å²) >= 11 is 7.27. The maximum absolute atomic E-state index is 11.9. The van der Waals surface area contributed by atoms with Crippen LogP contribution in [0.2, 0.25) is 5.02 Å². The summed E-state index contributed by atoms with van der Waals surface area (Å²) in [5, 5.41) is 12.3. The second kappa shape index (κ2) is 7.21. The average molecular weight is 346 g/mol. The van der Waals surface area contributed by atoms with Crippen LogP contribution in [0.15, 0.2) is 54.6 Å². The normalized spacial score (nSPS) is 10.3. The van der Waals surface area contributed by atoms with Crippen LogP contribution in [0.3, 0.4) is 0 Å². The van der Waals surface area contributed by atoms with Crippen molar-refractivity contribution in [3.8, 4) is 16.3 Å². The molecule has 0 atom stereocenters. The van der Waals surface area contributed by atoms with Gasteiger partial charge in [0.15, 0.2) is 6.61 Å². The Kier molecular flexibility index (Phi) is 4.85. The van der Waals surface area contributed by atoms with Crippen molar-refractivity contribution in [3.05, 3.63) is 59.6 Å². The monoisotopic (exact) mass is 345 g/mol. The molecule has 0 bridgehead atoms. The fourth-order valence-corrected chi connectivity index (χ4v) is 2.79. The molecule has 0 saturated carbocycles. The van der Waals surface area contributed by atoms with Gasteiger partial charge >= 0.3 is 0 Å². The standard InChI is InChI=1S/C16H12ClN3O2S/c17-12-8-4-5-9-13(12)22-10-14(21)18-16-20-19-15(23-16)11-6-2-1-3-7-11/h1-9H,10H2,(H,18,20,21). The van der Waals surface area contributed by atoms with Gasteiger partial charge in [-0.15, -0.1) is 10.2 Å². The molecule has 0 radical (unpaired) electrons. The van der Waals surface area contributed by atoms with E-state index >= 15 is 0 Å². The Morgan fingerprint density at radius 1 is 1.09 bits per heavy atom. The van der Waals surface area contributed by atoms with Crippen molar-refractivity contribution in [1.82, 2.24) is 10.2 Å². The molecule has 0 saturated heterocycles. The van der Waals surface area contributed by atoms with Gasteiger partial charge in [0.05, 0.1) is 5.02 Å². The Morgan fingerprint density at radius 3 is 2.61 bits per heavy atom. The molecule has 0 unspecified atom stereocenters. The Morgan fingerprint density at radius 2 is 1.83 bits per heavy atom. The number of aromatic nitrogens is 2. The van der Waals surface area contributed by atoms with E-state index in [0.29, 0.717) is 15.9 Å². The lowest BCUT2D eigenvalue weighted by atomic mass is 10.2. The number of carbonyl (C=O) groups excluding carboxylic acids is 1. The predicted octanol–water partition coefficient (Wildman–Crippen LogP) is 3.88. The average Bonchev–Trinajstić information content (AvgIpc) is 3.03. The molecule has 3 aromatic rings. The zero-order chi connectivity index (χ0) is 16.1. The van der Waals surface area contributed by atoms with Gasteiger partial charge in [-0.3, -0.25) is 10.1 Å². The summed E-state index contributed by atoms with van der Waals surface area (Å²) in [5.74, 6) is 0.146. The largest absolute Gasteiger partial charge is 0.482 e. The molecule has 0 fully saturated rings. The van der Waals surface area contributed by atoms with Crippen LogP contribution in [0.5, 0.6) is 5.75 Å². The summed E-state index contributed by atoms with van der Waals surface area (Å²) < 4.78 is 5.37. The maximum Gasteiger partial charge on any atom is 0.264 e. The molecule has 116 valence electrons. The van der Waals surface area contributed by atoms with Gasteiger partial charge in [-0.2, -0.15) is 0 Å². The number of benzene rings is 2. The summed E-state index contributed by atoms with van der Waals surface area (Å²) in [6, 6.07) is 16.6. The number of para-hydroxylation sites is 1. The second-order valence-electron chi connectivity index (χ2n) is 4.55. The molecular formula is C16H12ClN3O2S. The Balaban J connectivity index is 1.58. The van der Waals surface area contributed by atoms with E-state index in [1.807, 2.05) is 30.3 Å². The predicted molar refractivity (Wildman–Crippen MR) is 90.9 cm³/mol. The van der Waals surface area contributed by atoms with Gasteiger partial charge in [-0.1, -0.05) is 65.4 Å². The molecule has 0 aliphatic heterocycles. The second-order valence-corrected chi connectivity index (χ2v) is 5.93. The zero-order valence-electron chi connectivity index (χ0n) is 11.9. The molecule has 1 heterocycles. The molecule has 1 N–H and O–H groups in total. The molecule has 1 amide bonds. The van der Waals surface area contributed by atoms with E-state index in [2.05, 4.69) is 15.5 Å². The molecule has 5 nitrogen and oxygen atoms in total. The summed E-state index contributed by atoms with van der Waals surface area (Å²) in [6.07, 6.45) is 0. The van der Waals surface area contributed by atoms with Gasteiger partial charge in [0.25, 0.3) is 5.91 Å². The van der Waals surface area contributed by atoms with Crippen LogP contribution in [0.4, 0.5) is 5.13 Å². The van der Waals surface area contributed by atoms with E-state index in [9.17, 15) is 4.79 Å². The molecule has 7 heteroatoms. The molecule has 1 aromatic heterocycles. The van der Waals surface area contributed by atoms with E-state index in [1.165, 1.54) is 11.3 Å². The first kappa shape index (κ1) is 15.5. The fraction of sp³-hybridized carbons (Fsp3) is 0.0625. The highest BCUT2D eigenvalue weighted by Gasteiger charge is 2.10. The first-order valence-electron chi connectivity index (χ1n) is 6.78. The van der Waals surface area contributed by atoms with Crippen LogP contribution in [0, 0.1) is 0 Å². The van der Waals surface area contributed by atoms with Crippen LogP contribution in [0.1, 0.15) is 0 Å². The van der Waals surface area contributed by atoms with Crippen molar-refractivity contribution in [1.29, 1.82) is 0 Å². The number of halogens is 1. The SMILES string of the molecule is O=C(COc1ccccc1Cl)Nc1nnc(-c2ccccc2)s1. The van der Waals surface area contributed by atoms with Gasteiger partial charge in [0.2, 0.25) is 5.13 Å². The third kappa shape index (κ3) is 4.06. The van der Waals surface area contributed by atoms with Crippen LogP contribution < -0.4 is 10.1 Å². The van der Waals surface area contributed by atoms with Crippen LogP contribution in [-0.2, 0) is 4.79 Å². The number of amides is 1. The van der Waals surface area contributed by atoms with E-state index in [4.69, 9.17) is 16.3 Å². The third-order valence-corrected chi connectivity index (χ3v) is 4.09. The Hall–Kier alpha value is -2.44. The lowest BCUT2D eigenvalue weighted by Gasteiger charge is -2.06. The van der Waals surface area contributed by atoms with Crippen molar-refractivity contribution in [2.45, 2.75) is 0 Å². The topological polar surface area (TPSA) is 64.1 Å². The number of ether oxygens (including phenoxy) is 1. The molecule has 23 heavy (non-hydrogen) atoms. The van der Waals surface area contributed by atoms with Gasteiger partial charge in [0, 0.05) is 5.56 Å². The van der Waals surface area contributed by atoms with Crippen molar-refractivity contribution < 1.29 is 9.53 Å². The number of anilines is 1. The fourth-order valence-electron chi connectivity index (χ4n) is 1.83. The summed E-state index contributed by atoms with van der Waals surface area (Å²) in [5.41, 5.74) is 0.956. The number of nitrogens with one attached hydrogen (secondary N) is 1. The van der Waals surface area contributed by atoms with Gasteiger partial charge in [-0.25, -0.2) is 0 Å². The molecule has 0 spiro atoms. The van der Waals surface area contributed by atoms with Gasteiger partial charge in [-0.05, 0) is 12.1 Å². The highest BCUT2D eigenvalue weighted by Crippen LogP contribution is 2.26. The minimum atomic E-state index is -0.319. The molecule has 2 aromatic carbocycles. The highest BCUT2D eigenvalue weighted by atomic mass is 35.5. The lowest BCUT2D eigenvalue weighted by molar-refractivity contribution is -0.118. The molecule has 0 aliphatic rings. The van der Waals surface area contributed by atoms with E-state index in [1.54, 1.807) is 24.3 Å². The number of hydrogen-bond donors (Lipinski definition) is 1. The minimum Gasteiger partial charge on any atom is -0.482 e. The van der Waals surface area contributed by atoms with Crippen molar-refractivity contribution >= 4 is 34.0 Å². The van der Waals surface area contributed by atoms with Gasteiger partial charge < -0.3 is 4.74 Å². The summed E-state index contributed by atoms with van der Waals surface area (Å²) in [4.78, 5) is 11.9. The quantitative estimate of drug-likeness (QED) is 0.762. The van der Waals surface area contributed by atoms with E-state index in [-0.39, 0.29) is 12.5 Å². The van der Waals surface area contributed by atoms with Crippen molar-refractivity contribution in [2.75, 3.05) is 11.9 Å². The van der Waals surface area contributed by atoms with E-state index < -0.39 is 0 Å². The first-order valence-corrected chi connectivity index (χ1v) is 7.98. The molecular weight excluding hydrogens is 334 g/mol. The Labute approximate surface area is 141 Å². The number of carbonyl (C=O) groups is 1. The molecule has 0 aliphatic carbocycles.